The number of carbonyl (C=O) groups excluding carboxylic acids is 1. The second-order valence-corrected chi connectivity index (χ2v) is 5.43. The Bertz CT molecular complexity index is 637. The summed E-state index contributed by atoms with van der Waals surface area (Å²) in [6.07, 6.45) is 0.367. The molecule has 1 amide bonds. The van der Waals surface area contributed by atoms with Crippen molar-refractivity contribution in [2.24, 2.45) is 0 Å². The molecule has 0 saturated heterocycles. The molecule has 1 atom stereocenters. The number of para-hydroxylation sites is 1. The van der Waals surface area contributed by atoms with Gasteiger partial charge >= 0.3 is 0 Å². The van der Waals surface area contributed by atoms with Crippen molar-refractivity contribution in [3.63, 3.8) is 0 Å². The molecule has 0 aliphatic carbocycles. The molecule has 0 aliphatic heterocycles. The summed E-state index contributed by atoms with van der Waals surface area (Å²) < 4.78 is 5.80. The third-order valence-electron chi connectivity index (χ3n) is 3.58. The zero-order chi connectivity index (χ0) is 15.9. The third-order valence-corrected chi connectivity index (χ3v) is 3.58. The van der Waals surface area contributed by atoms with E-state index in [1.807, 2.05) is 49.4 Å². The van der Waals surface area contributed by atoms with E-state index in [4.69, 9.17) is 4.74 Å². The lowest BCUT2D eigenvalue weighted by atomic mass is 10.1. The Labute approximate surface area is 132 Å². The van der Waals surface area contributed by atoms with Gasteiger partial charge in [0.1, 0.15) is 5.75 Å². The minimum atomic E-state index is -0.516. The molecule has 0 radical (unpaired) electrons. The van der Waals surface area contributed by atoms with Crippen LogP contribution in [0.4, 0.5) is 0 Å². The second kappa shape index (κ2) is 7.64. The van der Waals surface area contributed by atoms with Crippen LogP contribution >= 0.6 is 0 Å². The van der Waals surface area contributed by atoms with E-state index in [0.717, 1.165) is 23.3 Å². The van der Waals surface area contributed by atoms with Gasteiger partial charge in [-0.3, -0.25) is 4.79 Å². The van der Waals surface area contributed by atoms with E-state index in [9.17, 15) is 4.79 Å². The smallest absolute Gasteiger partial charge is 0.261 e. The van der Waals surface area contributed by atoms with Gasteiger partial charge in [0.2, 0.25) is 0 Å². The largest absolute Gasteiger partial charge is 0.481 e. The summed E-state index contributed by atoms with van der Waals surface area (Å²) in [5.41, 5.74) is 3.39. The Morgan fingerprint density at radius 3 is 2.68 bits per heavy atom. The lowest BCUT2D eigenvalue weighted by Crippen LogP contribution is -2.36. The Hall–Kier alpha value is -2.29. The topological polar surface area (TPSA) is 38.3 Å². The van der Waals surface area contributed by atoms with Crippen LogP contribution in [0, 0.1) is 6.92 Å². The molecule has 1 N–H and O–H groups in total. The van der Waals surface area contributed by atoms with E-state index < -0.39 is 6.10 Å². The van der Waals surface area contributed by atoms with Gasteiger partial charge in [-0.05, 0) is 37.5 Å². The Kier molecular flexibility index (Phi) is 5.59. The van der Waals surface area contributed by atoms with Crippen molar-refractivity contribution in [3.8, 4) is 5.75 Å². The van der Waals surface area contributed by atoms with Crippen LogP contribution < -0.4 is 10.1 Å². The Balaban J connectivity index is 1.92. The summed E-state index contributed by atoms with van der Waals surface area (Å²) in [6.45, 7) is 6.41. The summed E-state index contributed by atoms with van der Waals surface area (Å²) in [7, 11) is 0. The highest BCUT2D eigenvalue weighted by atomic mass is 16.5. The van der Waals surface area contributed by atoms with E-state index in [2.05, 4.69) is 18.3 Å². The second-order valence-electron chi connectivity index (χ2n) is 5.43. The summed E-state index contributed by atoms with van der Waals surface area (Å²) >= 11 is 0. The van der Waals surface area contributed by atoms with E-state index in [1.165, 1.54) is 5.56 Å². The molecule has 3 heteroatoms. The van der Waals surface area contributed by atoms with E-state index in [-0.39, 0.29) is 5.91 Å². The van der Waals surface area contributed by atoms with Gasteiger partial charge in [-0.25, -0.2) is 0 Å². The fourth-order valence-electron chi connectivity index (χ4n) is 2.31. The number of carbonyl (C=O) groups is 1. The quantitative estimate of drug-likeness (QED) is 0.884. The molecule has 2 aromatic carbocycles. The molecule has 0 heterocycles. The number of aryl methyl sites for hydroxylation is 2. The van der Waals surface area contributed by atoms with Crippen LogP contribution in [0.25, 0.3) is 0 Å². The minimum absolute atomic E-state index is 0.104. The molecule has 0 aromatic heterocycles. The van der Waals surface area contributed by atoms with Crippen molar-refractivity contribution in [2.45, 2.75) is 39.8 Å². The molecule has 0 fully saturated rings. The number of amides is 1. The average molecular weight is 297 g/mol. The summed E-state index contributed by atoms with van der Waals surface area (Å²) in [5.74, 6) is 0.676. The SMILES string of the molecule is CCc1ccccc1OC(C)C(=O)NCc1cccc(C)c1. The molecule has 2 aromatic rings. The molecule has 22 heavy (non-hydrogen) atoms. The van der Waals surface area contributed by atoms with Crippen LogP contribution in [0.3, 0.4) is 0 Å². The number of ether oxygens (including phenoxy) is 1. The number of hydrogen-bond acceptors (Lipinski definition) is 2. The lowest BCUT2D eigenvalue weighted by Gasteiger charge is -2.17. The van der Waals surface area contributed by atoms with Gasteiger partial charge in [-0.2, -0.15) is 0 Å². The zero-order valence-electron chi connectivity index (χ0n) is 13.4. The first-order chi connectivity index (χ1) is 10.6. The highest BCUT2D eigenvalue weighted by Gasteiger charge is 2.15. The monoisotopic (exact) mass is 297 g/mol. The van der Waals surface area contributed by atoms with Crippen LogP contribution in [0.2, 0.25) is 0 Å². The molecule has 1 unspecified atom stereocenters. The van der Waals surface area contributed by atoms with Crippen LogP contribution in [-0.2, 0) is 17.8 Å². The zero-order valence-corrected chi connectivity index (χ0v) is 13.4. The number of rotatable bonds is 6. The van der Waals surface area contributed by atoms with Crippen molar-refractivity contribution in [3.05, 3.63) is 65.2 Å². The normalized spacial score (nSPS) is 11.8. The van der Waals surface area contributed by atoms with Crippen LogP contribution in [-0.4, -0.2) is 12.0 Å². The Morgan fingerprint density at radius 1 is 1.18 bits per heavy atom. The highest BCUT2D eigenvalue weighted by molar-refractivity contribution is 5.80. The maximum Gasteiger partial charge on any atom is 0.261 e. The molecule has 3 nitrogen and oxygen atoms in total. The van der Waals surface area contributed by atoms with Crippen molar-refractivity contribution in [1.29, 1.82) is 0 Å². The van der Waals surface area contributed by atoms with Crippen LogP contribution in [0.5, 0.6) is 5.75 Å². The predicted octanol–water partition coefficient (Wildman–Crippen LogP) is 3.64. The van der Waals surface area contributed by atoms with E-state index in [1.54, 1.807) is 6.92 Å². The fourth-order valence-corrected chi connectivity index (χ4v) is 2.31. The first-order valence-electron chi connectivity index (χ1n) is 7.68. The van der Waals surface area contributed by atoms with Gasteiger partial charge in [0.25, 0.3) is 5.91 Å². The molecule has 0 aliphatic rings. The highest BCUT2D eigenvalue weighted by Crippen LogP contribution is 2.19. The van der Waals surface area contributed by atoms with Crippen LogP contribution in [0.1, 0.15) is 30.5 Å². The van der Waals surface area contributed by atoms with Gasteiger partial charge < -0.3 is 10.1 Å². The maximum absolute atomic E-state index is 12.2. The van der Waals surface area contributed by atoms with Gasteiger partial charge in [0.05, 0.1) is 0 Å². The summed E-state index contributed by atoms with van der Waals surface area (Å²) in [4.78, 5) is 12.2. The van der Waals surface area contributed by atoms with E-state index >= 15 is 0 Å². The summed E-state index contributed by atoms with van der Waals surface area (Å²) in [5, 5.41) is 2.92. The van der Waals surface area contributed by atoms with Crippen molar-refractivity contribution in [1.82, 2.24) is 5.32 Å². The number of hydrogen-bond donors (Lipinski definition) is 1. The van der Waals surface area contributed by atoms with Crippen molar-refractivity contribution < 1.29 is 9.53 Å². The average Bonchev–Trinajstić information content (AvgIpc) is 2.53. The molecular weight excluding hydrogens is 274 g/mol. The minimum Gasteiger partial charge on any atom is -0.481 e. The van der Waals surface area contributed by atoms with E-state index in [0.29, 0.717) is 6.54 Å². The maximum atomic E-state index is 12.2. The van der Waals surface area contributed by atoms with Crippen molar-refractivity contribution >= 4 is 5.91 Å². The summed E-state index contributed by atoms with van der Waals surface area (Å²) in [6, 6.07) is 15.9. The standard InChI is InChI=1S/C19H23NO2/c1-4-17-10-5-6-11-18(17)22-15(3)19(21)20-13-16-9-7-8-14(2)12-16/h5-12,15H,4,13H2,1-3H3,(H,20,21). The molecule has 116 valence electrons. The third kappa shape index (κ3) is 4.35. The molecule has 2 rings (SSSR count). The van der Waals surface area contributed by atoms with Gasteiger partial charge in [-0.15, -0.1) is 0 Å². The predicted molar refractivity (Wildman–Crippen MR) is 88.9 cm³/mol. The van der Waals surface area contributed by atoms with Gasteiger partial charge in [-0.1, -0.05) is 55.0 Å². The van der Waals surface area contributed by atoms with Gasteiger partial charge in [0, 0.05) is 6.54 Å². The van der Waals surface area contributed by atoms with Crippen molar-refractivity contribution in [2.75, 3.05) is 0 Å². The Morgan fingerprint density at radius 2 is 1.95 bits per heavy atom. The molecular formula is C19H23NO2. The first-order valence-corrected chi connectivity index (χ1v) is 7.68. The number of nitrogens with one attached hydrogen (secondary N) is 1. The fraction of sp³-hybridized carbons (Fsp3) is 0.316. The molecule has 0 bridgehead atoms. The lowest BCUT2D eigenvalue weighted by molar-refractivity contribution is -0.127. The van der Waals surface area contributed by atoms with Crippen LogP contribution in [0.15, 0.2) is 48.5 Å². The first kappa shape index (κ1) is 16.1. The molecule has 0 spiro atoms. The number of benzene rings is 2. The van der Waals surface area contributed by atoms with Gasteiger partial charge in [0.15, 0.2) is 6.10 Å². The molecule has 0 saturated carbocycles.